The molecule has 0 bridgehead atoms. The standard InChI is InChI=1S/C12H20N2O3/c1-4-10(5-2)7-13-11(15)8-16-12-6-9(3)17-14-12/h6,10H,4-5,7-8H2,1-3H3,(H,13,15). The van der Waals surface area contributed by atoms with E-state index in [2.05, 4.69) is 24.3 Å². The van der Waals surface area contributed by atoms with Crippen molar-refractivity contribution in [3.8, 4) is 5.88 Å². The molecule has 0 radical (unpaired) electrons. The minimum Gasteiger partial charge on any atom is -0.465 e. The van der Waals surface area contributed by atoms with Gasteiger partial charge in [-0.1, -0.05) is 26.7 Å². The lowest BCUT2D eigenvalue weighted by Crippen LogP contribution is -2.32. The Balaban J connectivity index is 2.21. The number of nitrogens with zero attached hydrogens (tertiary/aromatic N) is 1. The molecule has 96 valence electrons. The maximum Gasteiger partial charge on any atom is 0.258 e. The number of aromatic nitrogens is 1. The van der Waals surface area contributed by atoms with Crippen molar-refractivity contribution in [3.05, 3.63) is 11.8 Å². The van der Waals surface area contributed by atoms with Crippen LogP contribution in [0.3, 0.4) is 0 Å². The average Bonchev–Trinajstić information content (AvgIpc) is 2.74. The summed E-state index contributed by atoms with van der Waals surface area (Å²) in [6, 6.07) is 1.65. The summed E-state index contributed by atoms with van der Waals surface area (Å²) < 4.78 is 9.99. The summed E-state index contributed by atoms with van der Waals surface area (Å²) in [5.74, 6) is 1.42. The molecule has 1 aromatic heterocycles. The van der Waals surface area contributed by atoms with Crippen LogP contribution in [0.1, 0.15) is 32.4 Å². The fourth-order valence-corrected chi connectivity index (χ4v) is 1.44. The molecule has 5 heteroatoms. The van der Waals surface area contributed by atoms with Crippen LogP contribution in [0.2, 0.25) is 0 Å². The SMILES string of the molecule is CCC(CC)CNC(=O)COc1cc(C)on1. The van der Waals surface area contributed by atoms with E-state index in [0.29, 0.717) is 24.1 Å². The van der Waals surface area contributed by atoms with Crippen LogP contribution in [-0.2, 0) is 4.79 Å². The van der Waals surface area contributed by atoms with Gasteiger partial charge < -0.3 is 14.6 Å². The smallest absolute Gasteiger partial charge is 0.258 e. The summed E-state index contributed by atoms with van der Waals surface area (Å²) in [6.07, 6.45) is 2.14. The van der Waals surface area contributed by atoms with Crippen LogP contribution in [-0.4, -0.2) is 24.2 Å². The largest absolute Gasteiger partial charge is 0.465 e. The molecule has 1 aromatic rings. The summed E-state index contributed by atoms with van der Waals surface area (Å²) in [4.78, 5) is 11.5. The van der Waals surface area contributed by atoms with E-state index < -0.39 is 0 Å². The van der Waals surface area contributed by atoms with Crippen LogP contribution in [0.15, 0.2) is 10.6 Å². The Kier molecular flexibility index (Phi) is 5.52. The quantitative estimate of drug-likeness (QED) is 0.790. The maximum atomic E-state index is 11.5. The van der Waals surface area contributed by atoms with Crippen LogP contribution in [0.4, 0.5) is 0 Å². The lowest BCUT2D eigenvalue weighted by molar-refractivity contribution is -0.123. The van der Waals surface area contributed by atoms with Gasteiger partial charge in [0.2, 0.25) is 0 Å². The number of carbonyl (C=O) groups excluding carboxylic acids is 1. The zero-order chi connectivity index (χ0) is 12.7. The zero-order valence-electron chi connectivity index (χ0n) is 10.7. The molecular formula is C12H20N2O3. The summed E-state index contributed by atoms with van der Waals surface area (Å²) in [6.45, 7) is 6.69. The van der Waals surface area contributed by atoms with Gasteiger partial charge in [0.05, 0.1) is 0 Å². The second kappa shape index (κ2) is 6.93. The molecule has 0 saturated carbocycles. The zero-order valence-corrected chi connectivity index (χ0v) is 10.7. The van der Waals surface area contributed by atoms with Gasteiger partial charge in [-0.3, -0.25) is 4.79 Å². The Morgan fingerprint density at radius 2 is 2.24 bits per heavy atom. The van der Waals surface area contributed by atoms with Gasteiger partial charge in [0, 0.05) is 12.6 Å². The van der Waals surface area contributed by atoms with Gasteiger partial charge in [0.1, 0.15) is 5.76 Å². The molecule has 17 heavy (non-hydrogen) atoms. The van der Waals surface area contributed by atoms with Crippen molar-refractivity contribution in [2.24, 2.45) is 5.92 Å². The molecule has 0 aliphatic carbocycles. The van der Waals surface area contributed by atoms with Gasteiger partial charge in [-0.25, -0.2) is 0 Å². The molecule has 0 aliphatic heterocycles. The van der Waals surface area contributed by atoms with Crippen molar-refractivity contribution < 1.29 is 14.1 Å². The number of rotatable bonds is 7. The van der Waals surface area contributed by atoms with Crippen molar-refractivity contribution in [2.75, 3.05) is 13.2 Å². The van der Waals surface area contributed by atoms with E-state index in [1.807, 2.05) is 0 Å². The predicted octanol–water partition coefficient (Wildman–Crippen LogP) is 1.91. The minimum absolute atomic E-state index is 0.0217. The summed E-state index contributed by atoms with van der Waals surface area (Å²) >= 11 is 0. The Labute approximate surface area is 102 Å². The molecule has 0 aromatic carbocycles. The molecule has 0 atom stereocenters. The number of amides is 1. The molecule has 0 fully saturated rings. The monoisotopic (exact) mass is 240 g/mol. The molecule has 1 heterocycles. The van der Waals surface area contributed by atoms with E-state index >= 15 is 0 Å². The van der Waals surface area contributed by atoms with E-state index in [1.165, 1.54) is 0 Å². The lowest BCUT2D eigenvalue weighted by Gasteiger charge is -2.12. The lowest BCUT2D eigenvalue weighted by atomic mass is 10.0. The second-order valence-corrected chi connectivity index (χ2v) is 4.05. The summed E-state index contributed by atoms with van der Waals surface area (Å²) in [5, 5.41) is 6.48. The molecule has 0 unspecified atom stereocenters. The van der Waals surface area contributed by atoms with Gasteiger partial charge in [-0.15, -0.1) is 0 Å². The van der Waals surface area contributed by atoms with Gasteiger partial charge in [-0.2, -0.15) is 0 Å². The molecule has 5 nitrogen and oxygen atoms in total. The molecule has 0 spiro atoms. The normalized spacial score (nSPS) is 10.6. The number of aryl methyl sites for hydroxylation is 1. The molecule has 1 rings (SSSR count). The van der Waals surface area contributed by atoms with Crippen molar-refractivity contribution in [3.63, 3.8) is 0 Å². The van der Waals surface area contributed by atoms with Crippen LogP contribution >= 0.6 is 0 Å². The van der Waals surface area contributed by atoms with Crippen molar-refractivity contribution in [1.82, 2.24) is 10.5 Å². The first-order valence-corrected chi connectivity index (χ1v) is 5.98. The molecule has 1 amide bonds. The minimum atomic E-state index is -0.127. The first-order chi connectivity index (χ1) is 8.15. The highest BCUT2D eigenvalue weighted by Gasteiger charge is 2.08. The Bertz CT molecular complexity index is 345. The van der Waals surface area contributed by atoms with E-state index in [0.717, 1.165) is 12.8 Å². The number of nitrogens with one attached hydrogen (secondary N) is 1. The fourth-order valence-electron chi connectivity index (χ4n) is 1.44. The molecule has 1 N–H and O–H groups in total. The van der Waals surface area contributed by atoms with E-state index in [9.17, 15) is 4.79 Å². The summed E-state index contributed by atoms with van der Waals surface area (Å²) in [5.41, 5.74) is 0. The third-order valence-corrected chi connectivity index (χ3v) is 2.70. The van der Waals surface area contributed by atoms with Gasteiger partial charge >= 0.3 is 0 Å². The third kappa shape index (κ3) is 4.89. The average molecular weight is 240 g/mol. The van der Waals surface area contributed by atoms with E-state index in [-0.39, 0.29) is 12.5 Å². The van der Waals surface area contributed by atoms with Crippen LogP contribution < -0.4 is 10.1 Å². The first-order valence-electron chi connectivity index (χ1n) is 5.98. The summed E-state index contributed by atoms with van der Waals surface area (Å²) in [7, 11) is 0. The number of hydrogen-bond donors (Lipinski definition) is 1. The fraction of sp³-hybridized carbons (Fsp3) is 0.667. The molecular weight excluding hydrogens is 220 g/mol. The van der Waals surface area contributed by atoms with Crippen LogP contribution in [0, 0.1) is 12.8 Å². The van der Waals surface area contributed by atoms with Gasteiger partial charge in [0.15, 0.2) is 6.61 Å². The maximum absolute atomic E-state index is 11.5. The number of hydrogen-bond acceptors (Lipinski definition) is 4. The topological polar surface area (TPSA) is 64.4 Å². The Morgan fingerprint density at radius 1 is 1.53 bits per heavy atom. The highest BCUT2D eigenvalue weighted by atomic mass is 16.5. The van der Waals surface area contributed by atoms with Gasteiger partial charge in [-0.05, 0) is 18.0 Å². The molecule has 0 saturated heterocycles. The Morgan fingerprint density at radius 3 is 2.76 bits per heavy atom. The van der Waals surface area contributed by atoms with Crippen molar-refractivity contribution >= 4 is 5.91 Å². The van der Waals surface area contributed by atoms with Crippen molar-refractivity contribution in [2.45, 2.75) is 33.6 Å². The second-order valence-electron chi connectivity index (χ2n) is 4.05. The third-order valence-electron chi connectivity index (χ3n) is 2.70. The van der Waals surface area contributed by atoms with Gasteiger partial charge in [0.25, 0.3) is 11.8 Å². The van der Waals surface area contributed by atoms with Crippen LogP contribution in [0.5, 0.6) is 5.88 Å². The van der Waals surface area contributed by atoms with Crippen LogP contribution in [0.25, 0.3) is 0 Å². The number of carbonyl (C=O) groups is 1. The first kappa shape index (κ1) is 13.5. The Hall–Kier alpha value is -1.52. The van der Waals surface area contributed by atoms with Crippen molar-refractivity contribution in [1.29, 1.82) is 0 Å². The predicted molar refractivity (Wildman–Crippen MR) is 63.8 cm³/mol. The van der Waals surface area contributed by atoms with E-state index in [1.54, 1.807) is 13.0 Å². The van der Waals surface area contributed by atoms with E-state index in [4.69, 9.17) is 9.26 Å². The number of ether oxygens (including phenoxy) is 1. The molecule has 0 aliphatic rings. The highest BCUT2D eigenvalue weighted by Crippen LogP contribution is 2.09. The highest BCUT2D eigenvalue weighted by molar-refractivity contribution is 5.77.